The van der Waals surface area contributed by atoms with Crippen molar-refractivity contribution in [2.45, 2.75) is 6.04 Å². The second kappa shape index (κ2) is 5.61. The number of fused-ring (bicyclic) bond motifs is 2. The van der Waals surface area contributed by atoms with Crippen LogP contribution in [0.1, 0.15) is 21.3 Å². The Labute approximate surface area is 140 Å². The maximum atomic E-state index is 12.5. The van der Waals surface area contributed by atoms with Crippen LogP contribution in [0.3, 0.4) is 0 Å². The first-order chi connectivity index (χ1) is 11.6. The molecule has 2 heterocycles. The Morgan fingerprint density at radius 3 is 2.92 bits per heavy atom. The number of ether oxygens (including phenoxy) is 1. The van der Waals surface area contributed by atoms with Gasteiger partial charge in [-0.05, 0) is 18.2 Å². The Hall–Kier alpha value is -2.93. The van der Waals surface area contributed by atoms with E-state index >= 15 is 0 Å². The highest BCUT2D eigenvalue weighted by atomic mass is 32.1. The lowest BCUT2D eigenvalue weighted by atomic mass is 10.1. The van der Waals surface area contributed by atoms with Gasteiger partial charge in [-0.2, -0.15) is 0 Å². The van der Waals surface area contributed by atoms with Crippen molar-refractivity contribution < 1.29 is 14.5 Å². The van der Waals surface area contributed by atoms with Crippen LogP contribution in [0.4, 0.5) is 5.69 Å². The Kier molecular flexibility index (Phi) is 3.42. The van der Waals surface area contributed by atoms with Gasteiger partial charge in [0.25, 0.3) is 11.6 Å². The van der Waals surface area contributed by atoms with E-state index in [9.17, 15) is 14.9 Å². The molecule has 0 bridgehead atoms. The van der Waals surface area contributed by atoms with Crippen molar-refractivity contribution in [1.29, 1.82) is 0 Å². The molecule has 1 unspecified atom stereocenters. The number of non-ortho nitro benzene ring substituents is 1. The van der Waals surface area contributed by atoms with Gasteiger partial charge in [0.2, 0.25) is 0 Å². The van der Waals surface area contributed by atoms with Crippen molar-refractivity contribution in [2.75, 3.05) is 6.61 Å². The summed E-state index contributed by atoms with van der Waals surface area (Å²) in [6, 6.07) is 13.7. The minimum absolute atomic E-state index is 0.0189. The van der Waals surface area contributed by atoms with Crippen molar-refractivity contribution >= 4 is 33.0 Å². The van der Waals surface area contributed by atoms with Gasteiger partial charge < -0.3 is 10.1 Å². The minimum atomic E-state index is -0.441. The number of amides is 1. The van der Waals surface area contributed by atoms with Crippen molar-refractivity contribution in [3.63, 3.8) is 0 Å². The lowest BCUT2D eigenvalue weighted by Crippen LogP contribution is -2.28. The zero-order valence-electron chi connectivity index (χ0n) is 12.4. The van der Waals surface area contributed by atoms with Gasteiger partial charge in [0.1, 0.15) is 12.4 Å². The topological polar surface area (TPSA) is 81.5 Å². The van der Waals surface area contributed by atoms with E-state index in [0.29, 0.717) is 16.9 Å². The highest BCUT2D eigenvalue weighted by Crippen LogP contribution is 2.33. The van der Waals surface area contributed by atoms with Gasteiger partial charge >= 0.3 is 0 Å². The molecule has 0 fully saturated rings. The molecule has 120 valence electrons. The molecule has 1 aliphatic rings. The molecule has 0 radical (unpaired) electrons. The normalized spacial score (nSPS) is 15.8. The number of carbonyl (C=O) groups excluding carboxylic acids is 1. The standard InChI is InChI=1S/C17H12N2O4S/c20-17(18-13-9-23-14-4-2-1-3-12(13)14)16-8-10-7-11(19(21)22)5-6-15(10)24-16/h1-8,13H,9H2,(H,18,20). The third kappa shape index (κ3) is 2.48. The quantitative estimate of drug-likeness (QED) is 0.582. The number of nitrogens with one attached hydrogen (secondary N) is 1. The molecular weight excluding hydrogens is 328 g/mol. The van der Waals surface area contributed by atoms with E-state index in [1.807, 2.05) is 24.3 Å². The molecule has 24 heavy (non-hydrogen) atoms. The SMILES string of the molecule is O=C(NC1COc2ccccc21)c1cc2cc([N+](=O)[O-])ccc2s1. The molecule has 0 spiro atoms. The summed E-state index contributed by atoms with van der Waals surface area (Å²) in [5, 5.41) is 14.5. The first-order valence-corrected chi connectivity index (χ1v) is 8.14. The predicted molar refractivity (Wildman–Crippen MR) is 90.6 cm³/mol. The number of para-hydroxylation sites is 1. The first-order valence-electron chi connectivity index (χ1n) is 7.32. The smallest absolute Gasteiger partial charge is 0.270 e. The van der Waals surface area contributed by atoms with Crippen LogP contribution in [0.5, 0.6) is 5.75 Å². The van der Waals surface area contributed by atoms with E-state index in [1.165, 1.54) is 23.5 Å². The fraction of sp³-hybridized carbons (Fsp3) is 0.118. The van der Waals surface area contributed by atoms with Crippen LogP contribution >= 0.6 is 11.3 Å². The third-order valence-corrected chi connectivity index (χ3v) is 5.05. The minimum Gasteiger partial charge on any atom is -0.491 e. The average Bonchev–Trinajstić information content (AvgIpc) is 3.18. The lowest BCUT2D eigenvalue weighted by molar-refractivity contribution is -0.384. The highest BCUT2D eigenvalue weighted by Gasteiger charge is 2.26. The Bertz CT molecular complexity index is 966. The van der Waals surface area contributed by atoms with Crippen LogP contribution in [-0.4, -0.2) is 17.4 Å². The molecule has 1 atom stereocenters. The number of nitro groups is 1. The van der Waals surface area contributed by atoms with Crippen LogP contribution < -0.4 is 10.1 Å². The summed E-state index contributed by atoms with van der Waals surface area (Å²) in [5.74, 6) is 0.582. The van der Waals surface area contributed by atoms with Gasteiger partial charge in [-0.15, -0.1) is 11.3 Å². The van der Waals surface area contributed by atoms with Crippen LogP contribution in [-0.2, 0) is 0 Å². The van der Waals surface area contributed by atoms with Crippen molar-refractivity contribution in [3.8, 4) is 5.75 Å². The molecular formula is C17H12N2O4S. The van der Waals surface area contributed by atoms with Gasteiger partial charge in [-0.25, -0.2) is 0 Å². The Morgan fingerprint density at radius 1 is 1.25 bits per heavy atom. The molecule has 2 aromatic carbocycles. The molecule has 6 nitrogen and oxygen atoms in total. The average molecular weight is 340 g/mol. The molecule has 1 N–H and O–H groups in total. The highest BCUT2D eigenvalue weighted by molar-refractivity contribution is 7.20. The zero-order chi connectivity index (χ0) is 16.7. The molecule has 4 rings (SSSR count). The number of hydrogen-bond donors (Lipinski definition) is 1. The van der Waals surface area contributed by atoms with Gasteiger partial charge in [0.15, 0.2) is 0 Å². The molecule has 3 aromatic rings. The van der Waals surface area contributed by atoms with Gasteiger partial charge in [-0.3, -0.25) is 14.9 Å². The van der Waals surface area contributed by atoms with Gasteiger partial charge in [-0.1, -0.05) is 18.2 Å². The van der Waals surface area contributed by atoms with Gasteiger partial charge in [0.05, 0.1) is 15.8 Å². The molecule has 0 saturated heterocycles. The number of benzene rings is 2. The fourth-order valence-corrected chi connectivity index (χ4v) is 3.71. The van der Waals surface area contributed by atoms with Crippen LogP contribution in [0.15, 0.2) is 48.5 Å². The number of nitrogens with zero attached hydrogens (tertiary/aromatic N) is 1. The maximum Gasteiger partial charge on any atom is 0.270 e. The molecule has 1 amide bonds. The molecule has 0 saturated carbocycles. The third-order valence-electron chi connectivity index (χ3n) is 3.94. The van der Waals surface area contributed by atoms with Crippen LogP contribution in [0.2, 0.25) is 0 Å². The van der Waals surface area contributed by atoms with E-state index in [2.05, 4.69) is 5.32 Å². The fourth-order valence-electron chi connectivity index (χ4n) is 2.77. The first kappa shape index (κ1) is 14.6. The zero-order valence-corrected chi connectivity index (χ0v) is 13.2. The van der Waals surface area contributed by atoms with Crippen LogP contribution in [0, 0.1) is 10.1 Å². The summed E-state index contributed by atoms with van der Waals surface area (Å²) >= 11 is 1.32. The van der Waals surface area contributed by atoms with E-state index < -0.39 is 4.92 Å². The van der Waals surface area contributed by atoms with E-state index in [-0.39, 0.29) is 17.6 Å². The molecule has 7 heteroatoms. The Morgan fingerprint density at radius 2 is 2.08 bits per heavy atom. The summed E-state index contributed by atoms with van der Waals surface area (Å²) in [6.45, 7) is 0.404. The van der Waals surface area contributed by atoms with E-state index in [1.54, 1.807) is 12.1 Å². The summed E-state index contributed by atoms with van der Waals surface area (Å²) in [6.07, 6.45) is 0. The lowest BCUT2D eigenvalue weighted by Gasteiger charge is -2.10. The number of carbonyl (C=O) groups is 1. The van der Waals surface area contributed by atoms with E-state index in [4.69, 9.17) is 4.74 Å². The predicted octanol–water partition coefficient (Wildman–Crippen LogP) is 3.67. The number of rotatable bonds is 3. The maximum absolute atomic E-state index is 12.5. The van der Waals surface area contributed by atoms with Gasteiger partial charge in [0, 0.05) is 27.8 Å². The molecule has 1 aromatic heterocycles. The summed E-state index contributed by atoms with van der Waals surface area (Å²) < 4.78 is 6.40. The number of hydrogen-bond acceptors (Lipinski definition) is 5. The molecule has 0 aliphatic carbocycles. The summed E-state index contributed by atoms with van der Waals surface area (Å²) in [4.78, 5) is 23.4. The van der Waals surface area contributed by atoms with Crippen molar-refractivity contribution in [3.05, 3.63) is 69.1 Å². The second-order valence-corrected chi connectivity index (χ2v) is 6.55. The largest absolute Gasteiger partial charge is 0.491 e. The van der Waals surface area contributed by atoms with Crippen LogP contribution in [0.25, 0.3) is 10.1 Å². The Balaban J connectivity index is 1.59. The molecule has 1 aliphatic heterocycles. The van der Waals surface area contributed by atoms with Crippen molar-refractivity contribution in [1.82, 2.24) is 5.32 Å². The summed E-state index contributed by atoms with van der Waals surface area (Å²) in [5.41, 5.74) is 0.980. The summed E-state index contributed by atoms with van der Waals surface area (Å²) in [7, 11) is 0. The van der Waals surface area contributed by atoms with Crippen molar-refractivity contribution in [2.24, 2.45) is 0 Å². The number of nitro benzene ring substituents is 1. The number of thiophene rings is 1. The monoisotopic (exact) mass is 340 g/mol. The van der Waals surface area contributed by atoms with E-state index in [0.717, 1.165) is 16.0 Å². The second-order valence-electron chi connectivity index (χ2n) is 5.46.